The number of nitro groups is 1. The molecule has 5 N–H and O–H groups in total. The summed E-state index contributed by atoms with van der Waals surface area (Å²) in [6, 6.07) is 3.98. The number of nitrogens with zero attached hydrogens (tertiary/aromatic N) is 3. The Morgan fingerprint density at radius 1 is 1.41 bits per heavy atom. The van der Waals surface area contributed by atoms with Gasteiger partial charge in [0.2, 0.25) is 0 Å². The number of aromatic nitrogens is 2. The highest BCUT2D eigenvalue weighted by Gasteiger charge is 2.38. The van der Waals surface area contributed by atoms with Crippen molar-refractivity contribution in [2.45, 2.75) is 57.6 Å². The normalized spacial score (nSPS) is 19.5. The highest BCUT2D eigenvalue weighted by molar-refractivity contribution is 5.81. The van der Waals surface area contributed by atoms with E-state index in [0.717, 1.165) is 10.6 Å². The second-order valence-corrected chi connectivity index (χ2v) is 9.44. The summed E-state index contributed by atoms with van der Waals surface area (Å²) in [4.78, 5) is 38.3. The minimum Gasteiger partial charge on any atom is -0.394 e. The number of nitrogens with one attached hydrogen (secondary N) is 1. The highest BCUT2D eigenvalue weighted by atomic mass is 19.4. The second kappa shape index (κ2) is 13.1. The Balaban J connectivity index is 1.81. The van der Waals surface area contributed by atoms with Crippen molar-refractivity contribution >= 4 is 17.4 Å². The summed E-state index contributed by atoms with van der Waals surface area (Å²) in [5.74, 6) is 2.21. The van der Waals surface area contributed by atoms with Gasteiger partial charge in [-0.25, -0.2) is 4.79 Å². The molecule has 0 bridgehead atoms. The Morgan fingerprint density at radius 2 is 2.12 bits per heavy atom. The molecular weight excluding hydrogens is 555 g/mol. The lowest BCUT2D eigenvalue weighted by Gasteiger charge is -2.23. The Morgan fingerprint density at radius 3 is 2.71 bits per heavy atom. The molecule has 13 nitrogen and oxygen atoms in total. The van der Waals surface area contributed by atoms with Crippen LogP contribution in [0.4, 0.5) is 24.7 Å². The van der Waals surface area contributed by atoms with Crippen LogP contribution in [0.3, 0.4) is 0 Å². The number of carbonyl (C=O) groups excluding carboxylic acids is 1. The molecule has 41 heavy (non-hydrogen) atoms. The van der Waals surface area contributed by atoms with E-state index in [9.17, 15) is 43.1 Å². The molecule has 1 aromatic carbocycles. The molecule has 1 fully saturated rings. The first-order chi connectivity index (χ1) is 19.2. The van der Waals surface area contributed by atoms with Gasteiger partial charge in [-0.05, 0) is 18.1 Å². The SMILES string of the molecule is CC(C)C(OCc1cn([C@H]2C[C@@H](O)[C@@H](CO)O2)c(=O)nc1N)c1ccc(C#CCNC(=O)C(F)(F)F)cc1[N+](=O)[O-]. The minimum absolute atomic E-state index is 0.0295. The molecule has 1 aliphatic rings. The van der Waals surface area contributed by atoms with Crippen molar-refractivity contribution in [1.82, 2.24) is 14.9 Å². The molecular formula is C25H28F3N5O8. The number of carbonyl (C=O) groups is 1. The zero-order chi connectivity index (χ0) is 30.5. The first-order valence-corrected chi connectivity index (χ1v) is 12.3. The van der Waals surface area contributed by atoms with Crippen LogP contribution in [0.5, 0.6) is 0 Å². The van der Waals surface area contributed by atoms with E-state index < -0.39 is 60.4 Å². The lowest BCUT2D eigenvalue weighted by Crippen LogP contribution is -2.36. The van der Waals surface area contributed by atoms with Gasteiger partial charge in [0.25, 0.3) is 5.69 Å². The van der Waals surface area contributed by atoms with Crippen LogP contribution < -0.4 is 16.7 Å². The first kappa shape index (κ1) is 31.5. The molecule has 1 amide bonds. The Kier molecular flexibility index (Phi) is 10.0. The average molecular weight is 584 g/mol. The molecule has 3 rings (SSSR count). The second-order valence-electron chi connectivity index (χ2n) is 9.44. The average Bonchev–Trinajstić information content (AvgIpc) is 3.27. The van der Waals surface area contributed by atoms with Crippen molar-refractivity contribution in [3.05, 3.63) is 61.7 Å². The molecule has 0 saturated carbocycles. The summed E-state index contributed by atoms with van der Waals surface area (Å²) in [5, 5.41) is 32.8. The lowest BCUT2D eigenvalue weighted by molar-refractivity contribution is -0.386. The summed E-state index contributed by atoms with van der Waals surface area (Å²) < 4.78 is 49.5. The van der Waals surface area contributed by atoms with Crippen LogP contribution in [0, 0.1) is 27.9 Å². The number of nitrogens with two attached hydrogens (primary N) is 1. The largest absolute Gasteiger partial charge is 0.471 e. The monoisotopic (exact) mass is 583 g/mol. The molecule has 0 aliphatic carbocycles. The molecule has 4 atom stereocenters. The predicted octanol–water partition coefficient (Wildman–Crippen LogP) is 1.32. The number of hydrogen-bond acceptors (Lipinski definition) is 10. The number of aliphatic hydroxyl groups excluding tert-OH is 2. The van der Waals surface area contributed by atoms with Gasteiger partial charge in [0.1, 0.15) is 18.1 Å². The molecule has 1 aromatic heterocycles. The van der Waals surface area contributed by atoms with Gasteiger partial charge < -0.3 is 30.7 Å². The number of anilines is 1. The van der Waals surface area contributed by atoms with Crippen molar-refractivity contribution in [3.8, 4) is 11.8 Å². The van der Waals surface area contributed by atoms with Crippen LogP contribution >= 0.6 is 0 Å². The van der Waals surface area contributed by atoms with Crippen molar-refractivity contribution in [2.24, 2.45) is 5.92 Å². The third-order valence-corrected chi connectivity index (χ3v) is 6.14. The van der Waals surface area contributed by atoms with Crippen molar-refractivity contribution in [1.29, 1.82) is 0 Å². The van der Waals surface area contributed by atoms with E-state index in [1.165, 1.54) is 18.3 Å². The van der Waals surface area contributed by atoms with E-state index in [-0.39, 0.29) is 47.1 Å². The van der Waals surface area contributed by atoms with Crippen LogP contribution in [0.1, 0.15) is 49.3 Å². The highest BCUT2D eigenvalue weighted by Crippen LogP contribution is 2.35. The van der Waals surface area contributed by atoms with E-state index in [1.54, 1.807) is 19.2 Å². The van der Waals surface area contributed by atoms with Gasteiger partial charge >= 0.3 is 17.8 Å². The molecule has 1 saturated heterocycles. The third-order valence-electron chi connectivity index (χ3n) is 6.14. The molecule has 2 heterocycles. The maximum atomic E-state index is 12.4. The van der Waals surface area contributed by atoms with Gasteiger partial charge in [-0.3, -0.25) is 19.5 Å². The summed E-state index contributed by atoms with van der Waals surface area (Å²) >= 11 is 0. The zero-order valence-electron chi connectivity index (χ0n) is 21.9. The molecule has 222 valence electrons. The van der Waals surface area contributed by atoms with Gasteiger partial charge in [-0.2, -0.15) is 18.2 Å². The summed E-state index contributed by atoms with van der Waals surface area (Å²) in [6.07, 6.45) is -7.29. The maximum absolute atomic E-state index is 12.4. The van der Waals surface area contributed by atoms with E-state index in [0.29, 0.717) is 0 Å². The molecule has 0 radical (unpaired) electrons. The number of hydrogen-bond donors (Lipinski definition) is 4. The Bertz CT molecular complexity index is 1400. The van der Waals surface area contributed by atoms with Crippen LogP contribution in [0.2, 0.25) is 0 Å². The fraction of sp³-hybridized carbons (Fsp3) is 0.480. The van der Waals surface area contributed by atoms with Gasteiger partial charge in [0, 0.05) is 29.8 Å². The maximum Gasteiger partial charge on any atom is 0.471 e. The van der Waals surface area contributed by atoms with Crippen molar-refractivity contribution in [3.63, 3.8) is 0 Å². The Labute approximate surface area is 231 Å². The van der Waals surface area contributed by atoms with Crippen LogP contribution in [0.15, 0.2) is 29.2 Å². The number of rotatable bonds is 9. The number of halogens is 3. The predicted molar refractivity (Wildman–Crippen MR) is 136 cm³/mol. The van der Waals surface area contributed by atoms with Gasteiger partial charge in [-0.15, -0.1) is 0 Å². The number of alkyl halides is 3. The number of ether oxygens (including phenoxy) is 2. The lowest BCUT2D eigenvalue weighted by atomic mass is 9.96. The molecule has 16 heteroatoms. The number of amides is 1. The summed E-state index contributed by atoms with van der Waals surface area (Å²) in [6.45, 7) is 2.25. The van der Waals surface area contributed by atoms with E-state index in [4.69, 9.17) is 15.2 Å². The van der Waals surface area contributed by atoms with Crippen LogP contribution in [-0.4, -0.2) is 62.1 Å². The standard InChI is InChI=1S/C25H28F3N5O8/c1-13(2)21(16-6-5-14(8-17(16)33(38)39)4-3-7-30-23(36)25(26,27)28)40-12-15-10-32(24(37)31-22(15)29)20-9-18(35)19(11-34)41-20/h5-6,8,10,13,18-21,34-35H,7,9,11-12H2,1-2H3,(H,30,36)(H2,29,31,37)/t18-,19-,20-,21?/m1/s1. The molecule has 2 aromatic rings. The van der Waals surface area contributed by atoms with Crippen LogP contribution in [0.25, 0.3) is 0 Å². The number of aliphatic hydroxyl groups is 2. The van der Waals surface area contributed by atoms with Gasteiger partial charge in [0.05, 0.1) is 42.5 Å². The van der Waals surface area contributed by atoms with Crippen LogP contribution in [-0.2, 0) is 20.9 Å². The summed E-state index contributed by atoms with van der Waals surface area (Å²) in [5.41, 5.74) is 5.42. The fourth-order valence-corrected chi connectivity index (χ4v) is 4.10. The Hall–Kier alpha value is -4.04. The topological polar surface area (TPSA) is 192 Å². The smallest absolute Gasteiger partial charge is 0.394 e. The molecule has 0 spiro atoms. The van der Waals surface area contributed by atoms with Crippen molar-refractivity contribution in [2.75, 3.05) is 18.9 Å². The number of nitrogen functional groups attached to an aromatic ring is 1. The molecule has 1 unspecified atom stereocenters. The third kappa shape index (κ3) is 7.79. The first-order valence-electron chi connectivity index (χ1n) is 12.3. The quantitative estimate of drug-likeness (QED) is 0.190. The zero-order valence-corrected chi connectivity index (χ0v) is 21.9. The van der Waals surface area contributed by atoms with E-state index in [1.807, 2.05) is 0 Å². The van der Waals surface area contributed by atoms with E-state index >= 15 is 0 Å². The minimum atomic E-state index is -5.05. The number of benzene rings is 1. The van der Waals surface area contributed by atoms with Gasteiger partial charge in [-0.1, -0.05) is 25.7 Å². The van der Waals surface area contributed by atoms with Gasteiger partial charge in [0.15, 0.2) is 0 Å². The number of nitro benzene ring substituents is 1. The van der Waals surface area contributed by atoms with E-state index in [2.05, 4.69) is 16.8 Å². The summed E-state index contributed by atoms with van der Waals surface area (Å²) in [7, 11) is 0. The van der Waals surface area contributed by atoms with Crippen molar-refractivity contribution < 1.29 is 42.6 Å². The fourth-order valence-electron chi connectivity index (χ4n) is 4.10. The molecule has 1 aliphatic heterocycles.